The topological polar surface area (TPSA) is 20.3 Å². The molecule has 4 heteroatoms. The lowest BCUT2D eigenvalue weighted by atomic mass is 9.99. The average molecular weight is 279 g/mol. The lowest BCUT2D eigenvalue weighted by Crippen LogP contribution is -2.35. The van der Waals surface area contributed by atoms with E-state index in [0.29, 0.717) is 0 Å². The Morgan fingerprint density at radius 1 is 1.25 bits per heavy atom. The first-order chi connectivity index (χ1) is 9.47. The number of amides is 1. The highest BCUT2D eigenvalue weighted by Gasteiger charge is 2.48. The zero-order valence-electron chi connectivity index (χ0n) is 11.8. The monoisotopic (exact) mass is 279 g/mol. The van der Waals surface area contributed by atoms with E-state index in [1.54, 1.807) is 18.9 Å². The minimum atomic E-state index is -0.476. The molecule has 3 atom stereocenters. The molecule has 20 heavy (non-hydrogen) atoms. The van der Waals surface area contributed by atoms with Crippen LogP contribution in [0, 0.1) is 29.4 Å². The summed E-state index contributed by atoms with van der Waals surface area (Å²) in [5.41, 5.74) is 0.240. The van der Waals surface area contributed by atoms with Crippen molar-refractivity contribution in [3.63, 3.8) is 0 Å². The molecule has 3 rings (SSSR count). The van der Waals surface area contributed by atoms with Crippen molar-refractivity contribution < 1.29 is 13.6 Å². The van der Waals surface area contributed by atoms with Gasteiger partial charge in [-0.25, -0.2) is 8.78 Å². The van der Waals surface area contributed by atoms with Crippen molar-refractivity contribution in [2.45, 2.75) is 32.2 Å². The van der Waals surface area contributed by atoms with Gasteiger partial charge in [-0.3, -0.25) is 4.79 Å². The molecule has 108 valence electrons. The maximum atomic E-state index is 13.8. The van der Waals surface area contributed by atoms with Gasteiger partial charge in [-0.2, -0.15) is 0 Å². The maximum Gasteiger partial charge on any atom is 0.225 e. The van der Waals surface area contributed by atoms with E-state index in [2.05, 4.69) is 0 Å². The molecule has 0 aliphatic heterocycles. The van der Waals surface area contributed by atoms with Crippen LogP contribution in [0.4, 0.5) is 8.78 Å². The smallest absolute Gasteiger partial charge is 0.225 e. The summed E-state index contributed by atoms with van der Waals surface area (Å²) in [6.45, 7) is 1.74. The van der Waals surface area contributed by atoms with E-state index in [1.165, 1.54) is 12.5 Å². The van der Waals surface area contributed by atoms with Crippen LogP contribution in [0.1, 0.15) is 37.8 Å². The van der Waals surface area contributed by atoms with Gasteiger partial charge in [0, 0.05) is 18.5 Å². The van der Waals surface area contributed by atoms with Gasteiger partial charge in [-0.05, 0) is 56.2 Å². The predicted octanol–water partition coefficient (Wildman–Crippen LogP) is 3.53. The van der Waals surface area contributed by atoms with Gasteiger partial charge in [0.25, 0.3) is 0 Å². The summed E-state index contributed by atoms with van der Waals surface area (Å²) in [5.74, 6) is 0.664. The Morgan fingerprint density at radius 2 is 1.90 bits per heavy atom. The van der Waals surface area contributed by atoms with Crippen molar-refractivity contribution >= 4 is 5.91 Å². The van der Waals surface area contributed by atoms with E-state index in [1.807, 2.05) is 0 Å². The van der Waals surface area contributed by atoms with Crippen molar-refractivity contribution in [3.8, 4) is 0 Å². The molecule has 0 saturated heterocycles. The number of carbonyl (C=O) groups excluding carboxylic acids is 1. The molecule has 0 spiro atoms. The Labute approximate surface area is 117 Å². The Balaban J connectivity index is 1.73. The maximum absolute atomic E-state index is 13.8. The minimum absolute atomic E-state index is 0.0633. The van der Waals surface area contributed by atoms with Gasteiger partial charge in [0.15, 0.2) is 0 Å². The summed E-state index contributed by atoms with van der Waals surface area (Å²) in [4.78, 5) is 14.0. The van der Waals surface area contributed by atoms with Gasteiger partial charge in [0.05, 0.1) is 6.04 Å². The van der Waals surface area contributed by atoms with Crippen LogP contribution in [-0.2, 0) is 4.79 Å². The van der Waals surface area contributed by atoms with Crippen LogP contribution in [-0.4, -0.2) is 17.9 Å². The Kier molecular flexibility index (Phi) is 3.27. The van der Waals surface area contributed by atoms with E-state index < -0.39 is 17.7 Å². The third-order valence-electron chi connectivity index (χ3n) is 4.93. The molecule has 0 heterocycles. The largest absolute Gasteiger partial charge is 0.339 e. The third kappa shape index (κ3) is 2.32. The first kappa shape index (κ1) is 13.5. The number of carbonyl (C=O) groups is 1. The van der Waals surface area contributed by atoms with Crippen LogP contribution in [0.15, 0.2) is 18.2 Å². The van der Waals surface area contributed by atoms with Crippen molar-refractivity contribution in [1.82, 2.24) is 4.90 Å². The second-order valence-electron chi connectivity index (χ2n) is 6.22. The summed E-state index contributed by atoms with van der Waals surface area (Å²) >= 11 is 0. The van der Waals surface area contributed by atoms with E-state index in [0.717, 1.165) is 36.8 Å². The van der Waals surface area contributed by atoms with Gasteiger partial charge in [-0.1, -0.05) is 0 Å². The lowest BCUT2D eigenvalue weighted by molar-refractivity contribution is -0.136. The van der Waals surface area contributed by atoms with Gasteiger partial charge >= 0.3 is 0 Å². The van der Waals surface area contributed by atoms with Gasteiger partial charge < -0.3 is 4.90 Å². The number of hydrogen-bond acceptors (Lipinski definition) is 1. The first-order valence-electron chi connectivity index (χ1n) is 7.19. The molecule has 1 aromatic carbocycles. The molecule has 2 nitrogen and oxygen atoms in total. The highest BCUT2D eigenvalue weighted by molar-refractivity contribution is 5.79. The lowest BCUT2D eigenvalue weighted by Gasteiger charge is -2.28. The number of fused-ring (bicyclic) bond motifs is 1. The van der Waals surface area contributed by atoms with Crippen LogP contribution in [0.2, 0.25) is 0 Å². The summed E-state index contributed by atoms with van der Waals surface area (Å²) in [6, 6.07) is 2.94. The number of halogens is 2. The Hall–Kier alpha value is -1.45. The zero-order valence-corrected chi connectivity index (χ0v) is 11.8. The van der Waals surface area contributed by atoms with Gasteiger partial charge in [0.2, 0.25) is 5.91 Å². The number of hydrogen-bond donors (Lipinski definition) is 0. The zero-order chi connectivity index (χ0) is 14.4. The minimum Gasteiger partial charge on any atom is -0.339 e. The molecule has 2 fully saturated rings. The molecule has 2 aliphatic carbocycles. The molecule has 0 N–H and O–H groups in total. The molecule has 2 saturated carbocycles. The van der Waals surface area contributed by atoms with Crippen molar-refractivity contribution in [3.05, 3.63) is 35.4 Å². The van der Waals surface area contributed by atoms with Crippen molar-refractivity contribution in [1.29, 1.82) is 0 Å². The second-order valence-corrected chi connectivity index (χ2v) is 6.22. The highest BCUT2D eigenvalue weighted by Crippen LogP contribution is 2.54. The normalized spacial score (nSPS) is 28.9. The van der Waals surface area contributed by atoms with E-state index in [4.69, 9.17) is 0 Å². The predicted molar refractivity (Wildman–Crippen MR) is 71.9 cm³/mol. The van der Waals surface area contributed by atoms with Crippen molar-refractivity contribution in [2.24, 2.45) is 17.8 Å². The molecule has 1 aromatic rings. The van der Waals surface area contributed by atoms with E-state index >= 15 is 0 Å². The third-order valence-corrected chi connectivity index (χ3v) is 4.93. The average Bonchev–Trinajstić information content (AvgIpc) is 3.05. The summed E-state index contributed by atoms with van der Waals surface area (Å²) < 4.78 is 27.0. The fourth-order valence-electron chi connectivity index (χ4n) is 3.44. The summed E-state index contributed by atoms with van der Waals surface area (Å²) in [5, 5.41) is 0. The van der Waals surface area contributed by atoms with Crippen LogP contribution in [0.5, 0.6) is 0 Å². The molecular weight excluding hydrogens is 260 g/mol. The molecule has 3 unspecified atom stereocenters. The quantitative estimate of drug-likeness (QED) is 0.829. The number of rotatable bonds is 3. The van der Waals surface area contributed by atoms with Crippen molar-refractivity contribution in [2.75, 3.05) is 7.05 Å². The second kappa shape index (κ2) is 4.83. The number of nitrogens with zero attached hydrogens (tertiary/aromatic N) is 1. The molecule has 2 aliphatic rings. The Morgan fingerprint density at radius 3 is 2.55 bits per heavy atom. The van der Waals surface area contributed by atoms with Gasteiger partial charge in [0.1, 0.15) is 11.6 Å². The van der Waals surface area contributed by atoms with Crippen LogP contribution in [0.25, 0.3) is 0 Å². The highest BCUT2D eigenvalue weighted by atomic mass is 19.1. The van der Waals surface area contributed by atoms with Gasteiger partial charge in [-0.15, -0.1) is 0 Å². The summed E-state index contributed by atoms with van der Waals surface area (Å²) in [6.07, 6.45) is 3.19. The number of benzene rings is 1. The molecule has 0 radical (unpaired) electrons. The fraction of sp³-hybridized carbons (Fsp3) is 0.562. The molecule has 0 bridgehead atoms. The van der Waals surface area contributed by atoms with Crippen LogP contribution in [0.3, 0.4) is 0 Å². The molecule has 0 aromatic heterocycles. The Bertz CT molecular complexity index is 535. The van der Waals surface area contributed by atoms with Crippen LogP contribution >= 0.6 is 0 Å². The first-order valence-corrected chi connectivity index (χ1v) is 7.19. The van der Waals surface area contributed by atoms with E-state index in [9.17, 15) is 13.6 Å². The molecular formula is C16H19F2NO. The summed E-state index contributed by atoms with van der Waals surface area (Å²) in [7, 11) is 1.68. The SMILES string of the molecule is CC(c1cc(F)ccc1F)N(C)C(=O)C1CC2CC2C1. The fourth-order valence-corrected chi connectivity index (χ4v) is 3.44. The van der Waals surface area contributed by atoms with Crippen LogP contribution < -0.4 is 0 Å². The van der Waals surface area contributed by atoms with E-state index in [-0.39, 0.29) is 17.4 Å². The standard InChI is InChI=1S/C16H19F2NO/c1-9(14-8-13(17)3-4-15(14)18)19(2)16(20)12-6-10-5-11(10)7-12/h3-4,8-12H,5-7H2,1-2H3. The molecule has 1 amide bonds.